The quantitative estimate of drug-likeness (QED) is 0.717. The maximum Gasteiger partial charge on any atom is 0.251 e. The van der Waals surface area contributed by atoms with Gasteiger partial charge in [-0.1, -0.05) is 15.9 Å². The molecule has 0 saturated carbocycles. The molecule has 0 aromatic rings. The molecule has 5 heteroatoms. The number of carbonyl (C=O) groups excluding carboxylic acids is 1. The second-order valence-corrected chi connectivity index (χ2v) is 5.12. The minimum Gasteiger partial charge on any atom is -0.371 e. The van der Waals surface area contributed by atoms with E-state index in [1.165, 1.54) is 0 Å². The monoisotopic (exact) mass is 291 g/mol. The first kappa shape index (κ1) is 12.3. The molecule has 0 bridgehead atoms. The fourth-order valence-corrected chi connectivity index (χ4v) is 2.64. The van der Waals surface area contributed by atoms with E-state index in [4.69, 9.17) is 9.47 Å². The van der Waals surface area contributed by atoms with Gasteiger partial charge in [-0.3, -0.25) is 4.79 Å². The summed E-state index contributed by atoms with van der Waals surface area (Å²) in [4.78, 5) is 14.0. The third kappa shape index (κ3) is 2.76. The predicted molar refractivity (Wildman–Crippen MR) is 63.7 cm³/mol. The standard InChI is InChI=1S/C11H18BrNO3/c1-8-6-13(7-9(5-12)16-8)11(14)10-3-2-4-15-10/h8-10H,2-7H2,1H3. The van der Waals surface area contributed by atoms with Gasteiger partial charge in [-0.05, 0) is 19.8 Å². The molecule has 0 aromatic carbocycles. The molecule has 2 aliphatic heterocycles. The van der Waals surface area contributed by atoms with E-state index < -0.39 is 0 Å². The highest BCUT2D eigenvalue weighted by Gasteiger charge is 2.33. The van der Waals surface area contributed by atoms with Crippen LogP contribution in [0.5, 0.6) is 0 Å². The molecule has 2 saturated heterocycles. The van der Waals surface area contributed by atoms with Crippen molar-refractivity contribution in [3.05, 3.63) is 0 Å². The van der Waals surface area contributed by atoms with Crippen LogP contribution in [-0.2, 0) is 14.3 Å². The third-order valence-electron chi connectivity index (χ3n) is 3.02. The van der Waals surface area contributed by atoms with E-state index in [2.05, 4.69) is 15.9 Å². The number of ether oxygens (including phenoxy) is 2. The molecule has 1 amide bonds. The topological polar surface area (TPSA) is 38.8 Å². The number of morpholine rings is 1. The highest BCUT2D eigenvalue weighted by molar-refractivity contribution is 9.09. The first-order chi connectivity index (χ1) is 7.70. The lowest BCUT2D eigenvalue weighted by molar-refractivity contribution is -0.152. The molecule has 2 aliphatic rings. The lowest BCUT2D eigenvalue weighted by atomic mass is 10.1. The van der Waals surface area contributed by atoms with E-state index in [0.29, 0.717) is 13.1 Å². The summed E-state index contributed by atoms with van der Waals surface area (Å²) in [5.74, 6) is 0.138. The molecule has 0 aliphatic carbocycles. The fourth-order valence-electron chi connectivity index (χ4n) is 2.29. The molecule has 3 atom stereocenters. The van der Waals surface area contributed by atoms with Crippen LogP contribution >= 0.6 is 15.9 Å². The average molecular weight is 292 g/mol. The first-order valence-electron chi connectivity index (χ1n) is 5.82. The second-order valence-electron chi connectivity index (χ2n) is 4.47. The van der Waals surface area contributed by atoms with Gasteiger partial charge >= 0.3 is 0 Å². The minimum atomic E-state index is -0.207. The zero-order valence-corrected chi connectivity index (χ0v) is 11.1. The molecule has 0 N–H and O–H groups in total. The van der Waals surface area contributed by atoms with Crippen molar-refractivity contribution in [1.29, 1.82) is 0 Å². The summed E-state index contributed by atoms with van der Waals surface area (Å²) in [6.07, 6.45) is 1.87. The lowest BCUT2D eigenvalue weighted by Gasteiger charge is -2.37. The smallest absolute Gasteiger partial charge is 0.251 e. The molecular formula is C11H18BrNO3. The summed E-state index contributed by atoms with van der Waals surface area (Å²) in [6, 6.07) is 0. The Balaban J connectivity index is 1.94. The van der Waals surface area contributed by atoms with E-state index in [1.807, 2.05) is 11.8 Å². The van der Waals surface area contributed by atoms with Crippen LogP contribution in [0.25, 0.3) is 0 Å². The van der Waals surface area contributed by atoms with Crippen LogP contribution in [0.4, 0.5) is 0 Å². The zero-order chi connectivity index (χ0) is 11.5. The van der Waals surface area contributed by atoms with Crippen molar-refractivity contribution in [1.82, 2.24) is 4.90 Å². The largest absolute Gasteiger partial charge is 0.371 e. The number of rotatable bonds is 2. The molecule has 0 aromatic heterocycles. The van der Waals surface area contributed by atoms with Crippen LogP contribution < -0.4 is 0 Å². The van der Waals surface area contributed by atoms with E-state index in [1.54, 1.807) is 0 Å². The molecule has 4 nitrogen and oxygen atoms in total. The van der Waals surface area contributed by atoms with Gasteiger partial charge in [0.05, 0.1) is 12.2 Å². The molecule has 16 heavy (non-hydrogen) atoms. The van der Waals surface area contributed by atoms with Crippen molar-refractivity contribution in [2.45, 2.75) is 38.1 Å². The SMILES string of the molecule is CC1CN(C(=O)C2CCCO2)CC(CBr)O1. The number of hydrogen-bond donors (Lipinski definition) is 0. The van der Waals surface area contributed by atoms with Gasteiger partial charge in [0.25, 0.3) is 5.91 Å². The van der Waals surface area contributed by atoms with Crippen molar-refractivity contribution < 1.29 is 14.3 Å². The summed E-state index contributed by atoms with van der Waals surface area (Å²) in [5.41, 5.74) is 0. The van der Waals surface area contributed by atoms with E-state index in [0.717, 1.165) is 24.8 Å². The van der Waals surface area contributed by atoms with Crippen molar-refractivity contribution in [3.8, 4) is 0 Å². The van der Waals surface area contributed by atoms with E-state index >= 15 is 0 Å². The van der Waals surface area contributed by atoms with Gasteiger partial charge in [0, 0.05) is 25.0 Å². The number of halogens is 1. The Hall–Kier alpha value is -0.130. The van der Waals surface area contributed by atoms with Gasteiger partial charge in [-0.25, -0.2) is 0 Å². The van der Waals surface area contributed by atoms with Gasteiger partial charge in [-0.15, -0.1) is 0 Å². The summed E-state index contributed by atoms with van der Waals surface area (Å²) in [7, 11) is 0. The Labute approximate surface area is 104 Å². The van der Waals surface area contributed by atoms with Crippen LogP contribution in [-0.4, -0.2) is 54.1 Å². The summed E-state index contributed by atoms with van der Waals surface area (Å²) < 4.78 is 11.1. The van der Waals surface area contributed by atoms with Crippen LogP contribution in [0.1, 0.15) is 19.8 Å². The van der Waals surface area contributed by atoms with E-state index in [9.17, 15) is 4.79 Å². The summed E-state index contributed by atoms with van der Waals surface area (Å²) in [5, 5.41) is 0.770. The Bertz CT molecular complexity index is 256. The predicted octanol–water partition coefficient (Wildman–Crippen LogP) is 1.18. The molecule has 0 radical (unpaired) electrons. The maximum absolute atomic E-state index is 12.1. The van der Waals surface area contributed by atoms with Crippen LogP contribution in [0.3, 0.4) is 0 Å². The molecule has 2 fully saturated rings. The molecule has 92 valence electrons. The van der Waals surface area contributed by atoms with Gasteiger partial charge in [0.15, 0.2) is 0 Å². The minimum absolute atomic E-state index is 0.106. The average Bonchev–Trinajstić information content (AvgIpc) is 2.80. The van der Waals surface area contributed by atoms with Crippen molar-refractivity contribution >= 4 is 21.8 Å². The number of alkyl halides is 1. The third-order valence-corrected chi connectivity index (χ3v) is 3.74. The summed E-state index contributed by atoms with van der Waals surface area (Å²) >= 11 is 3.40. The van der Waals surface area contributed by atoms with Gasteiger partial charge in [0.1, 0.15) is 6.10 Å². The Morgan fingerprint density at radius 3 is 2.94 bits per heavy atom. The normalized spacial score (nSPS) is 35.4. The molecule has 3 unspecified atom stereocenters. The number of carbonyl (C=O) groups is 1. The van der Waals surface area contributed by atoms with Crippen molar-refractivity contribution in [2.24, 2.45) is 0 Å². The van der Waals surface area contributed by atoms with Gasteiger partial charge in [0.2, 0.25) is 0 Å². The fraction of sp³-hybridized carbons (Fsp3) is 0.909. The van der Waals surface area contributed by atoms with Crippen molar-refractivity contribution in [3.63, 3.8) is 0 Å². The van der Waals surface area contributed by atoms with Gasteiger partial charge in [-0.2, -0.15) is 0 Å². The maximum atomic E-state index is 12.1. The number of hydrogen-bond acceptors (Lipinski definition) is 3. The second kappa shape index (κ2) is 5.47. The highest BCUT2D eigenvalue weighted by Crippen LogP contribution is 2.19. The Morgan fingerprint density at radius 1 is 1.50 bits per heavy atom. The zero-order valence-electron chi connectivity index (χ0n) is 9.52. The highest BCUT2D eigenvalue weighted by atomic mass is 79.9. The first-order valence-corrected chi connectivity index (χ1v) is 6.94. The molecule has 2 rings (SSSR count). The van der Waals surface area contributed by atoms with Crippen LogP contribution in [0, 0.1) is 0 Å². The molecular weight excluding hydrogens is 274 g/mol. The molecule has 2 heterocycles. The number of nitrogens with zero attached hydrogens (tertiary/aromatic N) is 1. The van der Waals surface area contributed by atoms with Crippen molar-refractivity contribution in [2.75, 3.05) is 25.0 Å². The lowest BCUT2D eigenvalue weighted by Crippen LogP contribution is -2.52. The van der Waals surface area contributed by atoms with Crippen LogP contribution in [0.2, 0.25) is 0 Å². The molecule has 0 spiro atoms. The van der Waals surface area contributed by atoms with Crippen LogP contribution in [0.15, 0.2) is 0 Å². The van der Waals surface area contributed by atoms with Gasteiger partial charge < -0.3 is 14.4 Å². The Morgan fingerprint density at radius 2 is 2.31 bits per heavy atom. The summed E-state index contributed by atoms with van der Waals surface area (Å²) in [6.45, 7) is 4.08. The number of amides is 1. The Kier molecular flexibility index (Phi) is 4.21. The van der Waals surface area contributed by atoms with E-state index in [-0.39, 0.29) is 24.2 Å².